The summed E-state index contributed by atoms with van der Waals surface area (Å²) < 4.78 is 7.31. The monoisotopic (exact) mass is 369 g/mol. The number of hydrogen-bond acceptors (Lipinski definition) is 5. The van der Waals surface area contributed by atoms with Gasteiger partial charge in [-0.3, -0.25) is 4.79 Å². The molecule has 5 nitrogen and oxygen atoms in total. The molecule has 1 aromatic carbocycles. The molecule has 0 N–H and O–H groups in total. The summed E-state index contributed by atoms with van der Waals surface area (Å²) in [7, 11) is 1.71. The lowest BCUT2D eigenvalue weighted by molar-refractivity contribution is 0.102. The molecular weight excluding hydrogens is 346 g/mol. The number of aromatic nitrogens is 3. The summed E-state index contributed by atoms with van der Waals surface area (Å²) in [6.45, 7) is 5.63. The van der Waals surface area contributed by atoms with E-state index in [0.29, 0.717) is 5.75 Å². The van der Waals surface area contributed by atoms with Gasteiger partial charge in [-0.15, -0.1) is 5.10 Å². The lowest BCUT2D eigenvalue weighted by Gasteiger charge is -2.09. The Morgan fingerprint density at radius 2 is 2.08 bits per heavy atom. The Bertz CT molecular complexity index is 915. The molecule has 0 radical (unpaired) electrons. The molecule has 3 rings (SSSR count). The summed E-state index contributed by atoms with van der Waals surface area (Å²) in [5.74, 6) is 0.473. The molecule has 0 unspecified atom stereocenters. The molecule has 0 aliphatic heterocycles. The minimum Gasteiger partial charge on any atom is -0.385 e. The third kappa shape index (κ3) is 3.97. The molecule has 6 heteroatoms. The fourth-order valence-electron chi connectivity index (χ4n) is 3.11. The van der Waals surface area contributed by atoms with Crippen molar-refractivity contribution in [1.29, 1.82) is 0 Å². The number of benzene rings is 1. The van der Waals surface area contributed by atoms with Crippen molar-refractivity contribution < 1.29 is 9.53 Å². The third-order valence-electron chi connectivity index (χ3n) is 4.48. The number of thioether (sulfide) groups is 1. The van der Waals surface area contributed by atoms with E-state index >= 15 is 0 Å². The first-order valence-electron chi connectivity index (χ1n) is 8.64. The number of ketones is 1. The third-order valence-corrected chi connectivity index (χ3v) is 5.46. The van der Waals surface area contributed by atoms with Gasteiger partial charge in [0.15, 0.2) is 5.78 Å². The lowest BCUT2D eigenvalue weighted by Crippen LogP contribution is -2.08. The number of rotatable bonds is 8. The number of methoxy groups -OCH3 is 1. The minimum absolute atomic E-state index is 0.121. The molecule has 0 spiro atoms. The van der Waals surface area contributed by atoms with Gasteiger partial charge in [-0.25, -0.2) is 0 Å². The SMILES string of the molecule is COCCCn1c(C)cc(C(=O)CSc2nncc3ccccc23)c1C. The topological polar surface area (TPSA) is 57.0 Å². The number of ether oxygens (including phenoxy) is 1. The van der Waals surface area contributed by atoms with E-state index in [1.165, 1.54) is 11.8 Å². The van der Waals surface area contributed by atoms with Crippen LogP contribution in [-0.4, -0.2) is 40.0 Å². The molecule has 2 heterocycles. The maximum Gasteiger partial charge on any atom is 0.174 e. The van der Waals surface area contributed by atoms with E-state index in [4.69, 9.17) is 4.74 Å². The Morgan fingerprint density at radius 3 is 2.88 bits per heavy atom. The second-order valence-corrected chi connectivity index (χ2v) is 7.20. The van der Waals surface area contributed by atoms with Crippen LogP contribution in [0.1, 0.15) is 28.2 Å². The average molecular weight is 369 g/mol. The Labute approximate surface area is 157 Å². The van der Waals surface area contributed by atoms with Crippen molar-refractivity contribution in [2.45, 2.75) is 31.8 Å². The normalized spacial score (nSPS) is 11.2. The molecule has 0 atom stereocenters. The smallest absolute Gasteiger partial charge is 0.174 e. The van der Waals surface area contributed by atoms with Crippen LogP contribution in [0, 0.1) is 13.8 Å². The zero-order valence-electron chi connectivity index (χ0n) is 15.4. The summed E-state index contributed by atoms with van der Waals surface area (Å²) in [6.07, 6.45) is 2.68. The number of nitrogens with zero attached hydrogens (tertiary/aromatic N) is 3. The van der Waals surface area contributed by atoms with Crippen LogP contribution < -0.4 is 0 Å². The maximum atomic E-state index is 12.8. The van der Waals surface area contributed by atoms with Gasteiger partial charge in [0.2, 0.25) is 0 Å². The largest absolute Gasteiger partial charge is 0.385 e. The van der Waals surface area contributed by atoms with Crippen molar-refractivity contribution in [2.75, 3.05) is 19.5 Å². The van der Waals surface area contributed by atoms with Crippen LogP contribution in [0.25, 0.3) is 10.8 Å². The van der Waals surface area contributed by atoms with Gasteiger partial charge in [0.1, 0.15) is 5.03 Å². The molecule has 0 aliphatic rings. The summed E-state index contributed by atoms with van der Waals surface area (Å²) in [6, 6.07) is 9.95. The van der Waals surface area contributed by atoms with Gasteiger partial charge in [0.25, 0.3) is 0 Å². The Hall–Kier alpha value is -2.18. The lowest BCUT2D eigenvalue weighted by atomic mass is 10.2. The first-order chi connectivity index (χ1) is 12.6. The summed E-state index contributed by atoms with van der Waals surface area (Å²) in [5.41, 5.74) is 2.92. The molecule has 0 fully saturated rings. The molecule has 3 aromatic rings. The highest BCUT2D eigenvalue weighted by Gasteiger charge is 2.16. The quantitative estimate of drug-likeness (QED) is 0.340. The van der Waals surface area contributed by atoms with E-state index < -0.39 is 0 Å². The van der Waals surface area contributed by atoms with Crippen LogP contribution in [-0.2, 0) is 11.3 Å². The van der Waals surface area contributed by atoms with Crippen LogP contribution in [0.3, 0.4) is 0 Å². The minimum atomic E-state index is 0.121. The Kier molecular flexibility index (Phi) is 6.06. The van der Waals surface area contributed by atoms with E-state index in [0.717, 1.165) is 52.3 Å². The van der Waals surface area contributed by atoms with E-state index in [1.807, 2.05) is 44.2 Å². The second kappa shape index (κ2) is 8.47. The van der Waals surface area contributed by atoms with Crippen LogP contribution in [0.4, 0.5) is 0 Å². The molecule has 0 bridgehead atoms. The first kappa shape index (κ1) is 18.6. The maximum absolute atomic E-state index is 12.8. The fraction of sp³-hybridized carbons (Fsp3) is 0.350. The van der Waals surface area contributed by atoms with Crippen molar-refractivity contribution >= 4 is 28.3 Å². The van der Waals surface area contributed by atoms with Crippen LogP contribution in [0.15, 0.2) is 41.6 Å². The van der Waals surface area contributed by atoms with E-state index in [1.54, 1.807) is 13.3 Å². The van der Waals surface area contributed by atoms with Gasteiger partial charge in [-0.2, -0.15) is 5.10 Å². The van der Waals surface area contributed by atoms with Gasteiger partial charge in [0.05, 0.1) is 11.9 Å². The van der Waals surface area contributed by atoms with Gasteiger partial charge >= 0.3 is 0 Å². The molecule has 136 valence electrons. The highest BCUT2D eigenvalue weighted by molar-refractivity contribution is 8.00. The Balaban J connectivity index is 1.73. The summed E-state index contributed by atoms with van der Waals surface area (Å²) in [5, 5.41) is 11.1. The molecule has 0 saturated carbocycles. The molecule has 0 amide bonds. The van der Waals surface area contributed by atoms with Crippen molar-refractivity contribution in [3.8, 4) is 0 Å². The zero-order chi connectivity index (χ0) is 18.5. The standard InChI is InChI=1S/C20H23N3O2S/c1-14-11-18(15(2)23(14)9-6-10-25-3)19(24)13-26-20-17-8-5-4-7-16(17)12-21-22-20/h4-5,7-8,11-12H,6,9-10,13H2,1-3H3. The number of hydrogen-bond donors (Lipinski definition) is 0. The van der Waals surface area contributed by atoms with Gasteiger partial charge in [-0.05, 0) is 26.3 Å². The number of Topliss-reactive ketones (excluding diaryl/α,β-unsaturated/α-hetero) is 1. The van der Waals surface area contributed by atoms with Gasteiger partial charge in [-0.1, -0.05) is 36.0 Å². The average Bonchev–Trinajstić information content (AvgIpc) is 2.94. The van der Waals surface area contributed by atoms with E-state index in [9.17, 15) is 4.79 Å². The Morgan fingerprint density at radius 1 is 1.27 bits per heavy atom. The van der Waals surface area contributed by atoms with E-state index in [2.05, 4.69) is 14.8 Å². The molecule has 2 aromatic heterocycles. The number of fused-ring (bicyclic) bond motifs is 1. The van der Waals surface area contributed by atoms with Crippen molar-refractivity contribution in [1.82, 2.24) is 14.8 Å². The highest BCUT2D eigenvalue weighted by atomic mass is 32.2. The second-order valence-electron chi connectivity index (χ2n) is 6.23. The molecular formula is C20H23N3O2S. The predicted molar refractivity (Wildman–Crippen MR) is 105 cm³/mol. The number of carbonyl (C=O) groups is 1. The van der Waals surface area contributed by atoms with Crippen molar-refractivity contribution in [3.63, 3.8) is 0 Å². The van der Waals surface area contributed by atoms with Crippen molar-refractivity contribution in [3.05, 3.63) is 53.5 Å². The van der Waals surface area contributed by atoms with Crippen LogP contribution in [0.5, 0.6) is 0 Å². The summed E-state index contributed by atoms with van der Waals surface area (Å²) in [4.78, 5) is 12.8. The van der Waals surface area contributed by atoms with Crippen LogP contribution >= 0.6 is 11.8 Å². The number of carbonyl (C=O) groups excluding carboxylic acids is 1. The number of aryl methyl sites for hydroxylation is 1. The van der Waals surface area contributed by atoms with Gasteiger partial charge < -0.3 is 9.30 Å². The zero-order valence-corrected chi connectivity index (χ0v) is 16.2. The molecule has 26 heavy (non-hydrogen) atoms. The summed E-state index contributed by atoms with van der Waals surface area (Å²) >= 11 is 1.45. The van der Waals surface area contributed by atoms with Gasteiger partial charge in [0, 0.05) is 48.0 Å². The molecule has 0 aliphatic carbocycles. The molecule has 0 saturated heterocycles. The first-order valence-corrected chi connectivity index (χ1v) is 9.62. The predicted octanol–water partition coefficient (Wildman–Crippen LogP) is 4.06. The highest BCUT2D eigenvalue weighted by Crippen LogP contribution is 2.26. The van der Waals surface area contributed by atoms with Crippen molar-refractivity contribution in [2.24, 2.45) is 0 Å². The fourth-order valence-corrected chi connectivity index (χ4v) is 3.98. The van der Waals surface area contributed by atoms with Crippen LogP contribution in [0.2, 0.25) is 0 Å². The van der Waals surface area contributed by atoms with E-state index in [-0.39, 0.29) is 5.78 Å².